The van der Waals surface area contributed by atoms with E-state index in [4.69, 9.17) is 21.3 Å². The van der Waals surface area contributed by atoms with E-state index in [0.29, 0.717) is 11.1 Å². The monoisotopic (exact) mass is 358 g/mol. The highest BCUT2D eigenvalue weighted by molar-refractivity contribution is 9.10. The van der Waals surface area contributed by atoms with E-state index in [1.54, 1.807) is 0 Å². The summed E-state index contributed by atoms with van der Waals surface area (Å²) >= 11 is 9.89. The van der Waals surface area contributed by atoms with Gasteiger partial charge in [0.2, 0.25) is 0 Å². The number of aromatic nitrogens is 2. The fraction of sp³-hybridized carbons (Fsp3) is 0.733. The van der Waals surface area contributed by atoms with Crippen molar-refractivity contribution in [2.75, 3.05) is 6.61 Å². The van der Waals surface area contributed by atoms with E-state index in [1.165, 1.54) is 25.7 Å². The highest BCUT2D eigenvalue weighted by Gasteiger charge is 2.35. The van der Waals surface area contributed by atoms with Gasteiger partial charge in [0.1, 0.15) is 10.8 Å². The molecule has 2 fully saturated rings. The van der Waals surface area contributed by atoms with E-state index in [0.717, 1.165) is 41.9 Å². The Morgan fingerprint density at radius 3 is 2.60 bits per heavy atom. The molecule has 1 unspecified atom stereocenters. The highest BCUT2D eigenvalue weighted by Crippen LogP contribution is 2.41. The molecule has 0 N–H and O–H groups in total. The predicted molar refractivity (Wildman–Crippen MR) is 83.1 cm³/mol. The highest BCUT2D eigenvalue weighted by atomic mass is 79.9. The van der Waals surface area contributed by atoms with Gasteiger partial charge in [-0.3, -0.25) is 0 Å². The second-order valence-corrected chi connectivity index (χ2v) is 7.21. The molecule has 2 aliphatic rings. The van der Waals surface area contributed by atoms with Crippen molar-refractivity contribution >= 4 is 27.5 Å². The summed E-state index contributed by atoms with van der Waals surface area (Å²) < 4.78 is 6.83. The largest absolute Gasteiger partial charge is 0.367 e. The van der Waals surface area contributed by atoms with Crippen molar-refractivity contribution in [1.82, 2.24) is 9.97 Å². The average Bonchev–Trinajstić information content (AvgIpc) is 2.96. The van der Waals surface area contributed by atoms with Crippen LogP contribution in [0.5, 0.6) is 0 Å². The number of rotatable bonds is 2. The molecule has 0 amide bonds. The summed E-state index contributed by atoms with van der Waals surface area (Å²) in [6.45, 7) is 2.87. The maximum atomic E-state index is 6.33. The zero-order valence-corrected chi connectivity index (χ0v) is 14.1. The van der Waals surface area contributed by atoms with E-state index in [2.05, 4.69) is 27.8 Å². The number of nitrogens with zero attached hydrogens (tertiary/aromatic N) is 2. The Bertz CT molecular complexity index is 497. The SMILES string of the molecule is CC1(c2nc(Cl)c(Br)c(C3CCCC3)n2)CCCCO1. The van der Waals surface area contributed by atoms with Gasteiger partial charge < -0.3 is 4.74 Å². The Kier molecular flexibility index (Phi) is 4.34. The molecule has 5 heteroatoms. The Hall–Kier alpha value is -0.190. The number of halogens is 2. The summed E-state index contributed by atoms with van der Waals surface area (Å²) in [6.07, 6.45) is 8.20. The molecule has 1 atom stereocenters. The number of hydrogen-bond donors (Lipinski definition) is 0. The fourth-order valence-electron chi connectivity index (χ4n) is 3.25. The smallest absolute Gasteiger partial charge is 0.162 e. The molecular formula is C15H20BrClN2O. The second kappa shape index (κ2) is 5.90. The summed E-state index contributed by atoms with van der Waals surface area (Å²) in [5.74, 6) is 1.27. The molecule has 3 nitrogen and oxygen atoms in total. The topological polar surface area (TPSA) is 35.0 Å². The predicted octanol–water partition coefficient (Wildman–Crippen LogP) is 4.97. The van der Waals surface area contributed by atoms with Gasteiger partial charge >= 0.3 is 0 Å². The van der Waals surface area contributed by atoms with E-state index in [1.807, 2.05) is 0 Å². The summed E-state index contributed by atoms with van der Waals surface area (Å²) in [6, 6.07) is 0. The lowest BCUT2D eigenvalue weighted by Gasteiger charge is -2.33. The first-order valence-corrected chi connectivity index (χ1v) is 8.64. The third-order valence-electron chi connectivity index (χ3n) is 4.52. The van der Waals surface area contributed by atoms with Gasteiger partial charge in [0.25, 0.3) is 0 Å². The molecule has 20 heavy (non-hydrogen) atoms. The van der Waals surface area contributed by atoms with E-state index >= 15 is 0 Å². The van der Waals surface area contributed by atoms with E-state index < -0.39 is 0 Å². The normalized spacial score (nSPS) is 27.9. The van der Waals surface area contributed by atoms with Crippen molar-refractivity contribution in [1.29, 1.82) is 0 Å². The van der Waals surface area contributed by atoms with Crippen LogP contribution in [0.4, 0.5) is 0 Å². The maximum absolute atomic E-state index is 6.33. The molecule has 0 bridgehead atoms. The van der Waals surface area contributed by atoms with Crippen LogP contribution >= 0.6 is 27.5 Å². The molecule has 3 rings (SSSR count). The lowest BCUT2D eigenvalue weighted by molar-refractivity contribution is -0.0762. The number of ether oxygens (including phenoxy) is 1. The van der Waals surface area contributed by atoms with E-state index in [9.17, 15) is 0 Å². The van der Waals surface area contributed by atoms with Crippen LogP contribution in [-0.2, 0) is 10.3 Å². The Balaban J connectivity index is 1.99. The van der Waals surface area contributed by atoms with Crippen molar-refractivity contribution in [3.05, 3.63) is 21.1 Å². The molecule has 1 aromatic heterocycles. The van der Waals surface area contributed by atoms with Gasteiger partial charge in [-0.05, 0) is 55.0 Å². The van der Waals surface area contributed by atoms with Crippen molar-refractivity contribution in [2.24, 2.45) is 0 Å². The first kappa shape index (κ1) is 14.7. The molecule has 0 aromatic carbocycles. The fourth-order valence-corrected chi connectivity index (χ4v) is 3.93. The average molecular weight is 360 g/mol. The maximum Gasteiger partial charge on any atom is 0.162 e. The van der Waals surface area contributed by atoms with E-state index in [-0.39, 0.29) is 5.60 Å². The van der Waals surface area contributed by atoms with Gasteiger partial charge in [-0.2, -0.15) is 0 Å². The van der Waals surface area contributed by atoms with Gasteiger partial charge in [0, 0.05) is 12.5 Å². The molecule has 1 saturated heterocycles. The molecule has 0 spiro atoms. The van der Waals surface area contributed by atoms with Crippen LogP contribution in [0, 0.1) is 0 Å². The third kappa shape index (κ3) is 2.75. The minimum atomic E-state index is -0.379. The summed E-state index contributed by atoms with van der Waals surface area (Å²) in [7, 11) is 0. The van der Waals surface area contributed by atoms with Crippen LogP contribution in [0.1, 0.15) is 69.3 Å². The summed E-state index contributed by atoms with van der Waals surface area (Å²) in [4.78, 5) is 9.33. The zero-order chi connectivity index (χ0) is 14.2. The third-order valence-corrected chi connectivity index (χ3v) is 5.80. The molecule has 110 valence electrons. The first-order valence-electron chi connectivity index (χ1n) is 7.47. The van der Waals surface area contributed by atoms with Crippen molar-refractivity contribution in [3.8, 4) is 0 Å². The first-order chi connectivity index (χ1) is 9.60. The van der Waals surface area contributed by atoms with Gasteiger partial charge in [-0.15, -0.1) is 0 Å². The summed E-state index contributed by atoms with van der Waals surface area (Å²) in [5.41, 5.74) is 0.698. The molecule has 1 aromatic rings. The van der Waals surface area contributed by atoms with Crippen molar-refractivity contribution in [2.45, 2.75) is 63.4 Å². The van der Waals surface area contributed by atoms with Crippen LogP contribution in [-0.4, -0.2) is 16.6 Å². The second-order valence-electron chi connectivity index (χ2n) is 6.06. The Labute approximate surface area is 133 Å². The van der Waals surface area contributed by atoms with Gasteiger partial charge in [-0.1, -0.05) is 24.4 Å². The number of hydrogen-bond acceptors (Lipinski definition) is 3. The van der Waals surface area contributed by atoms with Crippen LogP contribution < -0.4 is 0 Å². The lowest BCUT2D eigenvalue weighted by atomic mass is 9.94. The molecular weight excluding hydrogens is 340 g/mol. The van der Waals surface area contributed by atoms with Crippen LogP contribution in [0.25, 0.3) is 0 Å². The zero-order valence-electron chi connectivity index (χ0n) is 11.8. The van der Waals surface area contributed by atoms with Crippen molar-refractivity contribution < 1.29 is 4.74 Å². The van der Waals surface area contributed by atoms with Gasteiger partial charge in [0.15, 0.2) is 5.82 Å². The van der Waals surface area contributed by atoms with Crippen LogP contribution in [0.2, 0.25) is 5.15 Å². The summed E-state index contributed by atoms with van der Waals surface area (Å²) in [5, 5.41) is 0.521. The molecule has 1 saturated carbocycles. The van der Waals surface area contributed by atoms with Crippen LogP contribution in [0.15, 0.2) is 4.47 Å². The molecule has 1 aliphatic heterocycles. The minimum Gasteiger partial charge on any atom is -0.367 e. The van der Waals surface area contributed by atoms with Crippen molar-refractivity contribution in [3.63, 3.8) is 0 Å². The van der Waals surface area contributed by atoms with Crippen LogP contribution in [0.3, 0.4) is 0 Å². The lowest BCUT2D eigenvalue weighted by Crippen LogP contribution is -2.33. The Morgan fingerprint density at radius 1 is 1.20 bits per heavy atom. The Morgan fingerprint density at radius 2 is 1.95 bits per heavy atom. The molecule has 1 aliphatic carbocycles. The molecule has 0 radical (unpaired) electrons. The molecule has 2 heterocycles. The van der Waals surface area contributed by atoms with Gasteiger partial charge in [-0.25, -0.2) is 9.97 Å². The minimum absolute atomic E-state index is 0.379. The standard InChI is InChI=1S/C15H20BrClN2O/c1-15(8-4-5-9-20-15)14-18-12(10-6-2-3-7-10)11(16)13(17)19-14/h10H,2-9H2,1H3. The quantitative estimate of drug-likeness (QED) is 0.700. The van der Waals surface area contributed by atoms with Gasteiger partial charge in [0.05, 0.1) is 10.2 Å².